The van der Waals surface area contributed by atoms with Crippen molar-refractivity contribution >= 4 is 27.4 Å². The number of nitrogens with one attached hydrogen (secondary N) is 2. The minimum absolute atomic E-state index is 0.0981. The number of H-pyrrole nitrogens is 1. The molecule has 0 unspecified atom stereocenters. The van der Waals surface area contributed by atoms with E-state index in [0.717, 1.165) is 0 Å². The van der Waals surface area contributed by atoms with Gasteiger partial charge in [-0.15, -0.1) is 0 Å². The fourth-order valence-corrected chi connectivity index (χ4v) is 2.01. The molecule has 7 nitrogen and oxygen atoms in total. The van der Waals surface area contributed by atoms with Crippen LogP contribution in [0.1, 0.15) is 11.3 Å². The first-order valence-corrected chi connectivity index (χ1v) is 6.61. The predicted molar refractivity (Wildman–Crippen MR) is 77.7 cm³/mol. The maximum Gasteiger partial charge on any atom is 0.347 e. The highest BCUT2D eigenvalue weighted by Crippen LogP contribution is 2.23. The number of aromatic nitrogens is 2. The van der Waals surface area contributed by atoms with E-state index in [4.69, 9.17) is 0 Å². The third-order valence-electron chi connectivity index (χ3n) is 2.71. The smallest absolute Gasteiger partial charge is 0.347 e. The number of nitrogens with zero attached hydrogens (tertiary/aromatic N) is 2. The summed E-state index contributed by atoms with van der Waals surface area (Å²) >= 11 is 3.03. The second-order valence-corrected chi connectivity index (χ2v) is 5.08. The highest BCUT2D eigenvalue weighted by molar-refractivity contribution is 9.10. The van der Waals surface area contributed by atoms with E-state index >= 15 is 0 Å². The first kappa shape index (κ1) is 15.1. The molecule has 0 saturated heterocycles. The Bertz CT molecular complexity index is 763. The number of halogens is 2. The van der Waals surface area contributed by atoms with Gasteiger partial charge >= 0.3 is 11.4 Å². The summed E-state index contributed by atoms with van der Waals surface area (Å²) in [6.07, 6.45) is 0. The number of aromatic amines is 1. The minimum Gasteiger partial charge on any atom is -0.360 e. The molecule has 2 rings (SSSR count). The molecule has 0 radical (unpaired) electrons. The zero-order valence-corrected chi connectivity index (χ0v) is 12.4. The summed E-state index contributed by atoms with van der Waals surface area (Å²) in [6.45, 7) is 1.51. The Balaban J connectivity index is 2.29. The quantitative estimate of drug-likeness (QED) is 0.647. The van der Waals surface area contributed by atoms with Gasteiger partial charge in [-0.2, -0.15) is 4.98 Å². The molecule has 0 spiro atoms. The van der Waals surface area contributed by atoms with E-state index in [1.165, 1.54) is 19.1 Å². The van der Waals surface area contributed by atoms with Crippen molar-refractivity contribution in [2.45, 2.75) is 13.5 Å². The van der Waals surface area contributed by atoms with Crippen LogP contribution in [-0.2, 0) is 6.54 Å². The molecule has 0 atom stereocenters. The lowest BCUT2D eigenvalue weighted by Gasteiger charge is -2.07. The molecular weight excluding hydrogens is 347 g/mol. The molecule has 0 aliphatic carbocycles. The van der Waals surface area contributed by atoms with Crippen LogP contribution >= 0.6 is 15.9 Å². The Kier molecular flexibility index (Phi) is 4.32. The summed E-state index contributed by atoms with van der Waals surface area (Å²) in [4.78, 5) is 27.5. The SMILES string of the molecule is Cc1[nH]c(=O)nc(NCc2ccc(Br)c(F)c2)c1[N+](=O)[O-]. The number of benzene rings is 1. The third kappa shape index (κ3) is 3.43. The van der Waals surface area contributed by atoms with Crippen molar-refractivity contribution < 1.29 is 9.31 Å². The Morgan fingerprint density at radius 1 is 1.52 bits per heavy atom. The van der Waals surface area contributed by atoms with Gasteiger partial charge in [0.1, 0.15) is 5.82 Å². The highest BCUT2D eigenvalue weighted by atomic mass is 79.9. The van der Waals surface area contributed by atoms with Crippen LogP contribution in [0.5, 0.6) is 0 Å². The number of aryl methyl sites for hydroxylation is 1. The van der Waals surface area contributed by atoms with Gasteiger partial charge in [-0.25, -0.2) is 9.18 Å². The molecule has 21 heavy (non-hydrogen) atoms. The molecule has 0 bridgehead atoms. The first-order chi connectivity index (χ1) is 9.88. The minimum atomic E-state index is -0.692. The van der Waals surface area contributed by atoms with Gasteiger partial charge in [0.15, 0.2) is 0 Å². The molecule has 9 heteroatoms. The van der Waals surface area contributed by atoms with E-state index in [-0.39, 0.29) is 23.7 Å². The van der Waals surface area contributed by atoms with E-state index in [1.54, 1.807) is 6.07 Å². The summed E-state index contributed by atoms with van der Waals surface area (Å²) in [5.74, 6) is -0.594. The summed E-state index contributed by atoms with van der Waals surface area (Å²) < 4.78 is 13.7. The molecule has 0 fully saturated rings. The first-order valence-electron chi connectivity index (χ1n) is 5.81. The average Bonchev–Trinajstić information content (AvgIpc) is 2.38. The fraction of sp³-hybridized carbons (Fsp3) is 0.167. The van der Waals surface area contributed by atoms with Crippen molar-refractivity contribution in [1.82, 2.24) is 9.97 Å². The summed E-state index contributed by atoms with van der Waals surface area (Å²) in [5, 5.41) is 13.7. The van der Waals surface area contributed by atoms with Gasteiger partial charge in [-0.1, -0.05) is 6.07 Å². The predicted octanol–water partition coefficient (Wildman–Crippen LogP) is 2.50. The van der Waals surface area contributed by atoms with Crippen LogP contribution in [0, 0.1) is 22.9 Å². The van der Waals surface area contributed by atoms with Crippen molar-refractivity contribution in [2.24, 2.45) is 0 Å². The van der Waals surface area contributed by atoms with Gasteiger partial charge < -0.3 is 10.3 Å². The Morgan fingerprint density at radius 2 is 2.24 bits per heavy atom. The van der Waals surface area contributed by atoms with Crippen molar-refractivity contribution in [3.05, 3.63) is 60.3 Å². The average molecular weight is 357 g/mol. The Hall–Kier alpha value is -2.29. The Labute approximate surface area is 126 Å². The van der Waals surface area contributed by atoms with Crippen LogP contribution in [0.15, 0.2) is 27.5 Å². The summed E-state index contributed by atoms with van der Waals surface area (Å²) in [7, 11) is 0. The van der Waals surface area contributed by atoms with Crippen molar-refractivity contribution in [3.63, 3.8) is 0 Å². The van der Waals surface area contributed by atoms with Gasteiger partial charge in [0, 0.05) is 6.54 Å². The van der Waals surface area contributed by atoms with Crippen LogP contribution < -0.4 is 11.0 Å². The van der Waals surface area contributed by atoms with Crippen molar-refractivity contribution in [3.8, 4) is 0 Å². The molecule has 110 valence electrons. The third-order valence-corrected chi connectivity index (χ3v) is 3.36. The summed E-state index contributed by atoms with van der Waals surface area (Å²) in [6, 6.07) is 4.45. The molecule has 0 saturated carbocycles. The van der Waals surface area contributed by atoms with Gasteiger partial charge in [0.05, 0.1) is 15.1 Å². The topological polar surface area (TPSA) is 101 Å². The fourth-order valence-electron chi connectivity index (χ4n) is 1.76. The number of rotatable bonds is 4. The van der Waals surface area contributed by atoms with Crippen LogP contribution in [0.3, 0.4) is 0 Å². The van der Waals surface area contributed by atoms with E-state index in [1.807, 2.05) is 0 Å². The summed E-state index contributed by atoms with van der Waals surface area (Å²) in [5.41, 5.74) is -0.344. The standard InChI is InChI=1S/C12H10BrFN4O3/c1-6-10(18(20)21)11(17-12(19)16-6)15-5-7-2-3-8(13)9(14)4-7/h2-4H,5H2,1H3,(H2,15,16,17,19). The largest absolute Gasteiger partial charge is 0.360 e. The maximum absolute atomic E-state index is 13.4. The lowest BCUT2D eigenvalue weighted by atomic mass is 10.2. The molecule has 1 heterocycles. The Morgan fingerprint density at radius 3 is 2.86 bits per heavy atom. The van der Waals surface area contributed by atoms with Gasteiger partial charge in [-0.3, -0.25) is 10.1 Å². The van der Waals surface area contributed by atoms with Crippen LogP contribution in [0.4, 0.5) is 15.9 Å². The van der Waals surface area contributed by atoms with Gasteiger partial charge in [0.2, 0.25) is 5.82 Å². The zero-order valence-electron chi connectivity index (χ0n) is 10.8. The number of anilines is 1. The molecule has 2 N–H and O–H groups in total. The normalized spacial score (nSPS) is 10.4. The van der Waals surface area contributed by atoms with E-state index in [9.17, 15) is 19.3 Å². The van der Waals surface area contributed by atoms with Gasteiger partial charge in [-0.05, 0) is 40.5 Å². The lowest BCUT2D eigenvalue weighted by molar-refractivity contribution is -0.385. The maximum atomic E-state index is 13.4. The molecule has 2 aromatic rings. The number of nitro groups is 1. The second kappa shape index (κ2) is 6.00. The van der Waals surface area contributed by atoms with Crippen LogP contribution in [-0.4, -0.2) is 14.9 Å². The van der Waals surface area contributed by atoms with Crippen LogP contribution in [0.25, 0.3) is 0 Å². The number of hydrogen-bond acceptors (Lipinski definition) is 5. The van der Waals surface area contributed by atoms with E-state index < -0.39 is 16.4 Å². The van der Waals surface area contributed by atoms with Crippen LogP contribution in [0.2, 0.25) is 0 Å². The van der Waals surface area contributed by atoms with Crippen molar-refractivity contribution in [2.75, 3.05) is 5.32 Å². The van der Waals surface area contributed by atoms with E-state index in [0.29, 0.717) is 10.0 Å². The monoisotopic (exact) mass is 356 g/mol. The van der Waals surface area contributed by atoms with E-state index in [2.05, 4.69) is 31.2 Å². The molecular formula is C12H10BrFN4O3. The highest BCUT2D eigenvalue weighted by Gasteiger charge is 2.20. The molecule has 1 aromatic heterocycles. The molecule has 1 aromatic carbocycles. The van der Waals surface area contributed by atoms with Crippen molar-refractivity contribution in [1.29, 1.82) is 0 Å². The molecule has 0 aliphatic heterocycles. The molecule has 0 amide bonds. The zero-order chi connectivity index (χ0) is 15.6. The second-order valence-electron chi connectivity index (χ2n) is 4.22. The number of hydrogen-bond donors (Lipinski definition) is 2. The van der Waals surface area contributed by atoms with Gasteiger partial charge in [0.25, 0.3) is 0 Å². The lowest BCUT2D eigenvalue weighted by Crippen LogP contribution is -2.17. The molecule has 0 aliphatic rings.